The molecule has 2 rings (SSSR count). The van der Waals surface area contributed by atoms with Gasteiger partial charge in [-0.25, -0.2) is 4.98 Å². The third-order valence-corrected chi connectivity index (χ3v) is 2.43. The molecule has 0 aliphatic rings. The molecule has 1 heterocycles. The van der Waals surface area contributed by atoms with Crippen LogP contribution in [0.5, 0.6) is 0 Å². The van der Waals surface area contributed by atoms with Crippen molar-refractivity contribution in [3.05, 3.63) is 23.5 Å². The maximum absolute atomic E-state index is 5.82. The van der Waals surface area contributed by atoms with Gasteiger partial charge in [-0.3, -0.25) is 0 Å². The largest absolute Gasteiger partial charge is 0.342 e. The van der Waals surface area contributed by atoms with Crippen LogP contribution < -0.4 is 5.46 Å². The number of imidazole rings is 1. The summed E-state index contributed by atoms with van der Waals surface area (Å²) in [6.07, 6.45) is 0. The lowest BCUT2D eigenvalue weighted by atomic mass is 9.91. The van der Waals surface area contributed by atoms with Gasteiger partial charge in [-0.05, 0) is 19.1 Å². The van der Waals surface area contributed by atoms with Crippen LogP contribution in [-0.2, 0) is 0 Å². The first-order chi connectivity index (χ1) is 6.58. The van der Waals surface area contributed by atoms with E-state index in [-0.39, 0.29) is 0 Å². The monoisotopic (exact) mass is 184 g/mol. The van der Waals surface area contributed by atoms with E-state index in [9.17, 15) is 0 Å². The third-order valence-electron chi connectivity index (χ3n) is 2.43. The molecule has 0 amide bonds. The second-order valence-corrected chi connectivity index (χ2v) is 4.00. The molecule has 0 atom stereocenters. The van der Waals surface area contributed by atoms with E-state index in [4.69, 9.17) is 7.85 Å². The lowest BCUT2D eigenvalue weighted by Gasteiger charge is -1.97. The second kappa shape index (κ2) is 3.16. The lowest BCUT2D eigenvalue weighted by Crippen LogP contribution is -2.05. The van der Waals surface area contributed by atoms with Gasteiger partial charge in [0.05, 0.1) is 11.0 Å². The minimum absolute atomic E-state index is 0.420. The number of fused-ring (bicyclic) bond motifs is 1. The van der Waals surface area contributed by atoms with Crippen LogP contribution >= 0.6 is 0 Å². The predicted molar refractivity (Wildman–Crippen MR) is 60.3 cm³/mol. The maximum atomic E-state index is 5.82. The number of H-pyrrole nitrogens is 1. The van der Waals surface area contributed by atoms with Crippen molar-refractivity contribution in [2.45, 2.75) is 26.7 Å². The number of nitrogens with zero attached hydrogens (tertiary/aromatic N) is 1. The Kier molecular flexibility index (Phi) is 2.10. The van der Waals surface area contributed by atoms with Crippen molar-refractivity contribution in [2.24, 2.45) is 0 Å². The Bertz CT molecular complexity index is 432. The normalized spacial score (nSPS) is 11.4. The van der Waals surface area contributed by atoms with E-state index in [0.717, 1.165) is 27.9 Å². The molecule has 0 saturated carbocycles. The highest BCUT2D eigenvalue weighted by Gasteiger charge is 2.06. The molecule has 2 aromatic rings. The van der Waals surface area contributed by atoms with E-state index < -0.39 is 0 Å². The lowest BCUT2D eigenvalue weighted by molar-refractivity contribution is 0.799. The molecule has 0 spiro atoms. The summed E-state index contributed by atoms with van der Waals surface area (Å²) in [7, 11) is 5.82. The number of aromatic amines is 1. The molecular weight excluding hydrogens is 171 g/mol. The molecular formula is C11H13BN2. The number of hydrogen-bond donors (Lipinski definition) is 1. The van der Waals surface area contributed by atoms with Gasteiger partial charge in [-0.2, -0.15) is 0 Å². The number of aryl methyl sites for hydroxylation is 1. The Balaban J connectivity index is 2.66. The van der Waals surface area contributed by atoms with Gasteiger partial charge in [-0.15, -0.1) is 0 Å². The quantitative estimate of drug-likeness (QED) is 0.672. The van der Waals surface area contributed by atoms with Gasteiger partial charge < -0.3 is 4.98 Å². The molecule has 70 valence electrons. The van der Waals surface area contributed by atoms with Gasteiger partial charge in [0.1, 0.15) is 13.7 Å². The topological polar surface area (TPSA) is 28.7 Å². The highest BCUT2D eigenvalue weighted by molar-refractivity contribution is 6.34. The molecule has 2 radical (unpaired) electrons. The van der Waals surface area contributed by atoms with Crippen molar-refractivity contribution in [1.82, 2.24) is 9.97 Å². The first-order valence-corrected chi connectivity index (χ1v) is 4.83. The summed E-state index contributed by atoms with van der Waals surface area (Å²) in [5.74, 6) is 1.44. The first-order valence-electron chi connectivity index (χ1n) is 4.83. The summed E-state index contributed by atoms with van der Waals surface area (Å²) in [5.41, 5.74) is 3.92. The SMILES string of the molecule is [B]c1cc2[nH]c(C(C)C)nc2cc1C. The minimum atomic E-state index is 0.420. The van der Waals surface area contributed by atoms with Crippen LogP contribution in [-0.4, -0.2) is 17.8 Å². The van der Waals surface area contributed by atoms with Crippen LogP contribution in [0.4, 0.5) is 0 Å². The van der Waals surface area contributed by atoms with E-state index in [1.807, 2.05) is 19.1 Å². The molecule has 3 heteroatoms. The standard InChI is InChI=1S/C11H13BN2/c1-6(2)11-13-9-4-7(3)8(12)5-10(9)14-11/h4-6H,1-3H3,(H,13,14). The number of nitrogens with one attached hydrogen (secondary N) is 1. The molecule has 1 aromatic carbocycles. The summed E-state index contributed by atoms with van der Waals surface area (Å²) < 4.78 is 0. The van der Waals surface area contributed by atoms with Crippen LogP contribution in [0.2, 0.25) is 0 Å². The number of hydrogen-bond acceptors (Lipinski definition) is 1. The van der Waals surface area contributed by atoms with E-state index in [1.165, 1.54) is 0 Å². The van der Waals surface area contributed by atoms with E-state index in [2.05, 4.69) is 23.8 Å². The first kappa shape index (κ1) is 9.32. The van der Waals surface area contributed by atoms with Crippen molar-refractivity contribution in [2.75, 3.05) is 0 Å². The van der Waals surface area contributed by atoms with Gasteiger partial charge in [0.25, 0.3) is 0 Å². The average molecular weight is 184 g/mol. The van der Waals surface area contributed by atoms with E-state index >= 15 is 0 Å². The smallest absolute Gasteiger partial charge is 0.114 e. The van der Waals surface area contributed by atoms with E-state index in [1.54, 1.807) is 0 Å². The molecule has 14 heavy (non-hydrogen) atoms. The zero-order valence-electron chi connectivity index (χ0n) is 8.76. The molecule has 0 bridgehead atoms. The molecule has 0 aliphatic heterocycles. The fourth-order valence-corrected chi connectivity index (χ4v) is 1.47. The zero-order chi connectivity index (χ0) is 10.3. The third kappa shape index (κ3) is 1.43. The summed E-state index contributed by atoms with van der Waals surface area (Å²) >= 11 is 0. The van der Waals surface area contributed by atoms with Gasteiger partial charge in [0.15, 0.2) is 0 Å². The Morgan fingerprint density at radius 2 is 2.07 bits per heavy atom. The van der Waals surface area contributed by atoms with Gasteiger partial charge in [-0.1, -0.05) is 24.9 Å². The molecule has 1 N–H and O–H groups in total. The molecule has 2 nitrogen and oxygen atoms in total. The van der Waals surface area contributed by atoms with Gasteiger partial charge >= 0.3 is 0 Å². The molecule has 0 fully saturated rings. The van der Waals surface area contributed by atoms with E-state index in [0.29, 0.717) is 5.92 Å². The summed E-state index contributed by atoms with van der Waals surface area (Å²) in [5, 5.41) is 0. The summed E-state index contributed by atoms with van der Waals surface area (Å²) in [6.45, 7) is 6.24. The zero-order valence-corrected chi connectivity index (χ0v) is 8.76. The Morgan fingerprint density at radius 1 is 1.36 bits per heavy atom. The van der Waals surface area contributed by atoms with Crippen molar-refractivity contribution in [1.29, 1.82) is 0 Å². The van der Waals surface area contributed by atoms with Crippen LogP contribution in [0.3, 0.4) is 0 Å². The van der Waals surface area contributed by atoms with Gasteiger partial charge in [0.2, 0.25) is 0 Å². The maximum Gasteiger partial charge on any atom is 0.114 e. The Hall–Kier alpha value is -1.25. The minimum Gasteiger partial charge on any atom is -0.342 e. The predicted octanol–water partition coefficient (Wildman–Crippen LogP) is 1.79. The fraction of sp³-hybridized carbons (Fsp3) is 0.364. The van der Waals surface area contributed by atoms with Gasteiger partial charge in [0, 0.05) is 5.92 Å². The van der Waals surface area contributed by atoms with Crippen molar-refractivity contribution in [3.63, 3.8) is 0 Å². The molecule has 0 aliphatic carbocycles. The van der Waals surface area contributed by atoms with Crippen LogP contribution in [0.25, 0.3) is 11.0 Å². The van der Waals surface area contributed by atoms with Crippen molar-refractivity contribution in [3.8, 4) is 0 Å². The Labute approximate surface area is 85.2 Å². The second-order valence-electron chi connectivity index (χ2n) is 4.00. The van der Waals surface area contributed by atoms with Crippen LogP contribution in [0, 0.1) is 6.92 Å². The van der Waals surface area contributed by atoms with Crippen LogP contribution in [0.15, 0.2) is 12.1 Å². The Morgan fingerprint density at radius 3 is 2.71 bits per heavy atom. The number of rotatable bonds is 1. The summed E-state index contributed by atoms with van der Waals surface area (Å²) in [4.78, 5) is 7.78. The molecule has 1 aromatic heterocycles. The summed E-state index contributed by atoms with van der Waals surface area (Å²) in [6, 6.07) is 3.97. The molecule has 0 unspecified atom stereocenters. The highest BCUT2D eigenvalue weighted by atomic mass is 14.9. The number of aromatic nitrogens is 2. The molecule has 0 saturated heterocycles. The highest BCUT2D eigenvalue weighted by Crippen LogP contribution is 2.16. The fourth-order valence-electron chi connectivity index (χ4n) is 1.47. The average Bonchev–Trinajstić information content (AvgIpc) is 2.48. The van der Waals surface area contributed by atoms with Crippen molar-refractivity contribution < 1.29 is 0 Å². The number of benzene rings is 1. The van der Waals surface area contributed by atoms with Crippen LogP contribution in [0.1, 0.15) is 31.2 Å². The van der Waals surface area contributed by atoms with Crippen molar-refractivity contribution >= 4 is 24.3 Å².